The van der Waals surface area contributed by atoms with Crippen molar-refractivity contribution in [1.29, 1.82) is 0 Å². The van der Waals surface area contributed by atoms with Crippen molar-refractivity contribution in [3.05, 3.63) is 52.8 Å². The number of aryl methyl sites for hydroxylation is 1. The van der Waals surface area contributed by atoms with Crippen molar-refractivity contribution in [3.8, 4) is 5.75 Å². The van der Waals surface area contributed by atoms with Gasteiger partial charge in [-0.15, -0.1) is 0 Å². The maximum Gasteiger partial charge on any atom is 0.185 e. The summed E-state index contributed by atoms with van der Waals surface area (Å²) in [4.78, 5) is 12.0. The van der Waals surface area contributed by atoms with Crippen LogP contribution in [0.1, 0.15) is 23.0 Å². The minimum Gasteiger partial charge on any atom is -0.497 e. The van der Waals surface area contributed by atoms with Gasteiger partial charge in [0.2, 0.25) is 0 Å². The Morgan fingerprint density at radius 1 is 1.40 bits per heavy atom. The first-order valence-corrected chi connectivity index (χ1v) is 6.61. The van der Waals surface area contributed by atoms with E-state index in [2.05, 4.69) is 5.10 Å². The van der Waals surface area contributed by atoms with Gasteiger partial charge in [0.25, 0.3) is 0 Å². The second kappa shape index (κ2) is 6.39. The summed E-state index contributed by atoms with van der Waals surface area (Å²) in [6.07, 6.45) is 4.83. The summed E-state index contributed by atoms with van der Waals surface area (Å²) >= 11 is 6.03. The van der Waals surface area contributed by atoms with Gasteiger partial charge in [-0.1, -0.05) is 11.6 Å². The van der Waals surface area contributed by atoms with E-state index >= 15 is 0 Å². The lowest BCUT2D eigenvalue weighted by atomic mass is 10.1. The lowest BCUT2D eigenvalue weighted by molar-refractivity contribution is 0.104. The molecule has 0 bridgehead atoms. The van der Waals surface area contributed by atoms with Crippen LogP contribution in [-0.4, -0.2) is 22.7 Å². The second-order valence-corrected chi connectivity index (χ2v) is 4.55. The molecule has 0 spiro atoms. The molecule has 0 aliphatic rings. The van der Waals surface area contributed by atoms with Crippen molar-refractivity contribution in [2.45, 2.75) is 13.5 Å². The Hall–Kier alpha value is -2.07. The molecule has 0 aliphatic carbocycles. The van der Waals surface area contributed by atoms with Crippen LogP contribution in [0.15, 0.2) is 36.5 Å². The van der Waals surface area contributed by atoms with E-state index in [4.69, 9.17) is 16.3 Å². The van der Waals surface area contributed by atoms with E-state index in [9.17, 15) is 4.79 Å². The van der Waals surface area contributed by atoms with Crippen LogP contribution in [0.2, 0.25) is 5.02 Å². The molecule has 0 amide bonds. The first-order valence-electron chi connectivity index (χ1n) is 6.23. The van der Waals surface area contributed by atoms with E-state index in [0.29, 0.717) is 16.3 Å². The number of carbonyl (C=O) groups excluding carboxylic acids is 1. The Morgan fingerprint density at radius 3 is 2.65 bits per heavy atom. The van der Waals surface area contributed by atoms with Gasteiger partial charge in [-0.25, -0.2) is 0 Å². The molecule has 0 radical (unpaired) electrons. The van der Waals surface area contributed by atoms with Gasteiger partial charge in [0.05, 0.1) is 12.1 Å². The van der Waals surface area contributed by atoms with Gasteiger partial charge in [0.1, 0.15) is 11.4 Å². The zero-order valence-corrected chi connectivity index (χ0v) is 12.1. The molecule has 20 heavy (non-hydrogen) atoms. The van der Waals surface area contributed by atoms with Gasteiger partial charge in [-0.05, 0) is 43.3 Å². The van der Waals surface area contributed by atoms with E-state index in [1.807, 2.05) is 6.92 Å². The molecule has 1 heterocycles. The van der Waals surface area contributed by atoms with E-state index in [1.165, 1.54) is 6.08 Å². The molecule has 1 aromatic heterocycles. The van der Waals surface area contributed by atoms with Crippen LogP contribution >= 0.6 is 11.6 Å². The van der Waals surface area contributed by atoms with Crippen LogP contribution < -0.4 is 4.74 Å². The van der Waals surface area contributed by atoms with Crippen molar-refractivity contribution in [1.82, 2.24) is 9.78 Å². The summed E-state index contributed by atoms with van der Waals surface area (Å²) in [5.74, 6) is 0.616. The molecule has 2 rings (SSSR count). The molecular formula is C15H15ClN2O2. The number of hydrogen-bond acceptors (Lipinski definition) is 3. The third kappa shape index (κ3) is 3.27. The van der Waals surface area contributed by atoms with E-state index in [1.54, 1.807) is 48.3 Å². The molecule has 2 aromatic rings. The topological polar surface area (TPSA) is 44.1 Å². The van der Waals surface area contributed by atoms with E-state index < -0.39 is 0 Å². The number of allylic oxidation sites excluding steroid dienone is 1. The van der Waals surface area contributed by atoms with Gasteiger partial charge >= 0.3 is 0 Å². The molecule has 0 atom stereocenters. The maximum absolute atomic E-state index is 12.0. The number of rotatable bonds is 5. The Morgan fingerprint density at radius 2 is 2.10 bits per heavy atom. The minimum absolute atomic E-state index is 0.102. The predicted octanol–water partition coefficient (Wildman–Crippen LogP) is 3.46. The molecular weight excluding hydrogens is 276 g/mol. The number of methoxy groups -OCH3 is 1. The Kier molecular flexibility index (Phi) is 4.58. The molecule has 0 saturated carbocycles. The normalized spacial score (nSPS) is 10.9. The molecule has 1 aromatic carbocycles. The third-order valence-electron chi connectivity index (χ3n) is 2.83. The number of nitrogens with zero attached hydrogens (tertiary/aromatic N) is 2. The fourth-order valence-corrected chi connectivity index (χ4v) is 1.91. The first-order chi connectivity index (χ1) is 9.63. The van der Waals surface area contributed by atoms with Gasteiger partial charge in [-0.3, -0.25) is 9.48 Å². The second-order valence-electron chi connectivity index (χ2n) is 4.14. The quantitative estimate of drug-likeness (QED) is 0.626. The Labute approximate surface area is 122 Å². The third-order valence-corrected chi connectivity index (χ3v) is 3.13. The zero-order chi connectivity index (χ0) is 14.5. The smallest absolute Gasteiger partial charge is 0.185 e. The summed E-state index contributed by atoms with van der Waals surface area (Å²) in [7, 11) is 1.59. The van der Waals surface area contributed by atoms with Gasteiger partial charge < -0.3 is 4.74 Å². The van der Waals surface area contributed by atoms with Crippen LogP contribution in [-0.2, 0) is 6.54 Å². The summed E-state index contributed by atoms with van der Waals surface area (Å²) in [6, 6.07) is 6.94. The molecule has 0 saturated heterocycles. The number of benzene rings is 1. The van der Waals surface area contributed by atoms with Crippen LogP contribution in [0.5, 0.6) is 5.75 Å². The Balaban J connectivity index is 2.13. The molecule has 0 unspecified atom stereocenters. The van der Waals surface area contributed by atoms with Crippen LogP contribution in [0.4, 0.5) is 0 Å². The SMILES string of the molecule is CCn1cc(Cl)c(/C=C/C(=O)c2ccc(OC)cc2)n1. The van der Waals surface area contributed by atoms with Crippen molar-refractivity contribution in [2.24, 2.45) is 0 Å². The average molecular weight is 291 g/mol. The lowest BCUT2D eigenvalue weighted by Crippen LogP contribution is -1.95. The highest BCUT2D eigenvalue weighted by Gasteiger charge is 2.05. The van der Waals surface area contributed by atoms with Crippen LogP contribution in [0.25, 0.3) is 6.08 Å². The largest absolute Gasteiger partial charge is 0.497 e. The molecule has 4 nitrogen and oxygen atoms in total. The fourth-order valence-electron chi connectivity index (χ4n) is 1.69. The summed E-state index contributed by atoms with van der Waals surface area (Å²) in [5, 5.41) is 4.78. The van der Waals surface area contributed by atoms with Gasteiger partial charge in [-0.2, -0.15) is 5.10 Å². The summed E-state index contributed by atoms with van der Waals surface area (Å²) in [6.45, 7) is 2.71. The van der Waals surface area contributed by atoms with Crippen molar-refractivity contribution in [3.63, 3.8) is 0 Å². The molecule has 0 fully saturated rings. The van der Waals surface area contributed by atoms with E-state index in [-0.39, 0.29) is 5.78 Å². The molecule has 0 aliphatic heterocycles. The predicted molar refractivity (Wildman–Crippen MR) is 79.3 cm³/mol. The maximum atomic E-state index is 12.0. The van der Waals surface area contributed by atoms with Crippen molar-refractivity contribution in [2.75, 3.05) is 7.11 Å². The number of ether oxygens (including phenoxy) is 1. The van der Waals surface area contributed by atoms with Gasteiger partial charge in [0.15, 0.2) is 5.78 Å². The number of hydrogen-bond donors (Lipinski definition) is 0. The standard InChI is InChI=1S/C15H15ClN2O2/c1-3-18-10-13(16)14(17-18)8-9-15(19)11-4-6-12(20-2)7-5-11/h4-10H,3H2,1-2H3/b9-8+. The first kappa shape index (κ1) is 14.3. The van der Waals surface area contributed by atoms with Crippen LogP contribution in [0, 0.1) is 0 Å². The number of aromatic nitrogens is 2. The monoisotopic (exact) mass is 290 g/mol. The summed E-state index contributed by atoms with van der Waals surface area (Å²) in [5.41, 5.74) is 1.18. The molecule has 0 N–H and O–H groups in total. The molecule has 5 heteroatoms. The average Bonchev–Trinajstić information content (AvgIpc) is 2.85. The number of halogens is 1. The number of carbonyl (C=O) groups is 1. The number of ketones is 1. The van der Waals surface area contributed by atoms with Crippen molar-refractivity contribution >= 4 is 23.5 Å². The van der Waals surface area contributed by atoms with Crippen LogP contribution in [0.3, 0.4) is 0 Å². The van der Waals surface area contributed by atoms with Crippen molar-refractivity contribution < 1.29 is 9.53 Å². The summed E-state index contributed by atoms with van der Waals surface area (Å²) < 4.78 is 6.77. The lowest BCUT2D eigenvalue weighted by Gasteiger charge is -1.99. The highest BCUT2D eigenvalue weighted by atomic mass is 35.5. The Bertz CT molecular complexity index is 630. The van der Waals surface area contributed by atoms with E-state index in [0.717, 1.165) is 12.3 Å². The molecule has 104 valence electrons. The zero-order valence-electron chi connectivity index (χ0n) is 11.3. The highest BCUT2D eigenvalue weighted by Crippen LogP contribution is 2.16. The fraction of sp³-hybridized carbons (Fsp3) is 0.200. The van der Waals surface area contributed by atoms with Gasteiger partial charge in [0, 0.05) is 18.3 Å². The highest BCUT2D eigenvalue weighted by molar-refractivity contribution is 6.31. The minimum atomic E-state index is -0.102.